The number of hydrogen-bond acceptors (Lipinski definition) is 3. The molecule has 18 heavy (non-hydrogen) atoms. The molecule has 2 rings (SSSR count). The van der Waals surface area contributed by atoms with Crippen molar-refractivity contribution >= 4 is 11.7 Å². The topological polar surface area (TPSA) is 38.3 Å². The van der Waals surface area contributed by atoms with E-state index in [0.717, 1.165) is 0 Å². The highest BCUT2D eigenvalue weighted by Crippen LogP contribution is 2.30. The van der Waals surface area contributed by atoms with E-state index in [0.29, 0.717) is 11.3 Å². The van der Waals surface area contributed by atoms with E-state index in [1.807, 2.05) is 0 Å². The number of esters is 1. The maximum atomic E-state index is 13.2. The second-order valence-electron chi connectivity index (χ2n) is 4.28. The van der Waals surface area contributed by atoms with Crippen molar-refractivity contribution in [3.8, 4) is 0 Å². The molecule has 1 N–H and O–H groups in total. The lowest BCUT2D eigenvalue weighted by atomic mass is 10.2. The number of hydrogen-bond donors (Lipinski definition) is 1. The molecule has 98 valence electrons. The van der Waals surface area contributed by atoms with Gasteiger partial charge in [0.25, 0.3) is 0 Å². The predicted molar refractivity (Wildman–Crippen MR) is 59.1 cm³/mol. The monoisotopic (exact) mass is 259 g/mol. The fourth-order valence-corrected chi connectivity index (χ4v) is 1.70. The van der Waals surface area contributed by atoms with Crippen molar-refractivity contribution in [2.75, 3.05) is 11.9 Å². The maximum absolute atomic E-state index is 13.2. The van der Waals surface area contributed by atoms with Gasteiger partial charge >= 0.3 is 11.9 Å². The summed E-state index contributed by atoms with van der Waals surface area (Å²) in [6.07, 6.45) is -1.54. The zero-order valence-electron chi connectivity index (χ0n) is 9.67. The van der Waals surface area contributed by atoms with Crippen molar-refractivity contribution in [1.82, 2.24) is 0 Å². The van der Waals surface area contributed by atoms with Gasteiger partial charge in [-0.2, -0.15) is 8.78 Å². The van der Waals surface area contributed by atoms with Gasteiger partial charge < -0.3 is 10.1 Å². The molecule has 1 saturated heterocycles. The molecule has 0 aromatic heterocycles. The van der Waals surface area contributed by atoms with Crippen LogP contribution in [-0.4, -0.2) is 24.5 Å². The van der Waals surface area contributed by atoms with Crippen molar-refractivity contribution in [3.63, 3.8) is 0 Å². The summed E-state index contributed by atoms with van der Waals surface area (Å²) in [5.41, 5.74) is 0.962. The first-order valence-electron chi connectivity index (χ1n) is 5.47. The van der Waals surface area contributed by atoms with E-state index >= 15 is 0 Å². The van der Waals surface area contributed by atoms with Crippen molar-refractivity contribution in [2.24, 2.45) is 0 Å². The molecule has 1 heterocycles. The summed E-state index contributed by atoms with van der Waals surface area (Å²) in [4.78, 5) is 10.8. The molecule has 1 aliphatic heterocycles. The number of nitrogens with one attached hydrogen (secondary N) is 1. The van der Waals surface area contributed by atoms with Gasteiger partial charge in [0.1, 0.15) is 11.9 Å². The SMILES string of the molecule is Cc1ccc(NCC2CC(F)(F)C(=O)O2)cc1F. The first kappa shape index (κ1) is 12.7. The molecule has 0 radical (unpaired) electrons. The van der Waals surface area contributed by atoms with Gasteiger partial charge in [-0.05, 0) is 24.6 Å². The number of halogens is 3. The van der Waals surface area contributed by atoms with Crippen LogP contribution in [0.15, 0.2) is 18.2 Å². The number of alkyl halides is 2. The third-order valence-electron chi connectivity index (χ3n) is 2.76. The highest BCUT2D eigenvalue weighted by atomic mass is 19.3. The average molecular weight is 259 g/mol. The molecule has 0 saturated carbocycles. The van der Waals surface area contributed by atoms with E-state index < -0.39 is 24.4 Å². The van der Waals surface area contributed by atoms with Crippen LogP contribution in [-0.2, 0) is 9.53 Å². The van der Waals surface area contributed by atoms with Gasteiger partial charge in [0, 0.05) is 5.69 Å². The Balaban J connectivity index is 1.93. The van der Waals surface area contributed by atoms with Gasteiger partial charge in [0.05, 0.1) is 13.0 Å². The molecule has 1 aromatic carbocycles. The highest BCUT2D eigenvalue weighted by Gasteiger charge is 2.50. The molecular formula is C12H12F3NO2. The Kier molecular flexibility index (Phi) is 3.19. The number of anilines is 1. The van der Waals surface area contributed by atoms with Crippen LogP contribution in [0, 0.1) is 12.7 Å². The Morgan fingerprint density at radius 1 is 1.50 bits per heavy atom. The van der Waals surface area contributed by atoms with E-state index in [4.69, 9.17) is 0 Å². The van der Waals surface area contributed by atoms with Crippen molar-refractivity contribution in [1.29, 1.82) is 0 Å². The molecule has 3 nitrogen and oxygen atoms in total. The Labute approximate surface area is 102 Å². The predicted octanol–water partition coefficient (Wildman–Crippen LogP) is 2.50. The minimum absolute atomic E-state index is 0.0316. The van der Waals surface area contributed by atoms with E-state index in [1.165, 1.54) is 6.07 Å². The van der Waals surface area contributed by atoms with E-state index in [1.54, 1.807) is 19.1 Å². The lowest BCUT2D eigenvalue weighted by Gasteiger charge is -2.11. The first-order valence-corrected chi connectivity index (χ1v) is 5.47. The van der Waals surface area contributed by atoms with E-state index in [9.17, 15) is 18.0 Å². The lowest BCUT2D eigenvalue weighted by molar-refractivity contribution is -0.158. The molecule has 0 amide bonds. The molecule has 1 atom stereocenters. The molecular weight excluding hydrogens is 247 g/mol. The minimum atomic E-state index is -3.41. The normalized spacial score (nSPS) is 21.8. The Bertz CT molecular complexity index is 476. The summed E-state index contributed by atoms with van der Waals surface area (Å²) >= 11 is 0. The smallest absolute Gasteiger partial charge is 0.377 e. The zero-order valence-corrected chi connectivity index (χ0v) is 9.67. The van der Waals surface area contributed by atoms with E-state index in [2.05, 4.69) is 10.1 Å². The molecule has 1 aromatic rings. The minimum Gasteiger partial charge on any atom is -0.456 e. The first-order chi connectivity index (χ1) is 8.38. The third kappa shape index (κ3) is 2.57. The molecule has 6 heteroatoms. The van der Waals surface area contributed by atoms with Gasteiger partial charge in [-0.15, -0.1) is 0 Å². The van der Waals surface area contributed by atoms with Crippen LogP contribution in [0.4, 0.5) is 18.9 Å². The summed E-state index contributed by atoms with van der Waals surface area (Å²) in [5.74, 6) is -5.29. The van der Waals surface area contributed by atoms with Crippen LogP contribution in [0.1, 0.15) is 12.0 Å². The van der Waals surface area contributed by atoms with Gasteiger partial charge in [-0.3, -0.25) is 0 Å². The van der Waals surface area contributed by atoms with Crippen LogP contribution in [0.3, 0.4) is 0 Å². The maximum Gasteiger partial charge on any atom is 0.377 e. The van der Waals surface area contributed by atoms with Crippen molar-refractivity contribution in [2.45, 2.75) is 25.4 Å². The van der Waals surface area contributed by atoms with Crippen LogP contribution in [0.25, 0.3) is 0 Å². The third-order valence-corrected chi connectivity index (χ3v) is 2.76. The van der Waals surface area contributed by atoms with Crippen LogP contribution >= 0.6 is 0 Å². The summed E-state index contributed by atoms with van der Waals surface area (Å²) in [6.45, 7) is 1.66. The fourth-order valence-electron chi connectivity index (χ4n) is 1.70. The summed E-state index contributed by atoms with van der Waals surface area (Å²) in [5, 5.41) is 2.76. The molecule has 1 aliphatic rings. The number of cyclic esters (lactones) is 1. The second kappa shape index (κ2) is 4.51. The molecule has 0 bridgehead atoms. The van der Waals surface area contributed by atoms with Gasteiger partial charge in [0.15, 0.2) is 0 Å². The Morgan fingerprint density at radius 2 is 2.22 bits per heavy atom. The number of carbonyl (C=O) groups is 1. The quantitative estimate of drug-likeness (QED) is 0.847. The fraction of sp³-hybridized carbons (Fsp3) is 0.417. The number of rotatable bonds is 3. The molecule has 1 fully saturated rings. The molecule has 0 aliphatic carbocycles. The Morgan fingerprint density at radius 3 is 2.78 bits per heavy atom. The number of ether oxygens (including phenoxy) is 1. The van der Waals surface area contributed by atoms with Crippen molar-refractivity contribution in [3.05, 3.63) is 29.6 Å². The summed E-state index contributed by atoms with van der Waals surface area (Å²) < 4.78 is 43.5. The largest absolute Gasteiger partial charge is 0.456 e. The Hall–Kier alpha value is -1.72. The standard InChI is InChI=1S/C12H12F3NO2/c1-7-2-3-8(4-10(7)13)16-6-9-5-12(14,15)11(17)18-9/h2-4,9,16H,5-6H2,1H3. The van der Waals surface area contributed by atoms with E-state index in [-0.39, 0.29) is 12.4 Å². The molecule has 0 spiro atoms. The lowest BCUT2D eigenvalue weighted by Crippen LogP contribution is -2.22. The van der Waals surface area contributed by atoms with Gasteiger partial charge in [0.2, 0.25) is 0 Å². The zero-order chi connectivity index (χ0) is 13.3. The van der Waals surface area contributed by atoms with Crippen molar-refractivity contribution < 1.29 is 22.7 Å². The van der Waals surface area contributed by atoms with Crippen LogP contribution < -0.4 is 5.32 Å². The van der Waals surface area contributed by atoms with Crippen LogP contribution in [0.2, 0.25) is 0 Å². The molecule has 1 unspecified atom stereocenters. The number of carbonyl (C=O) groups excluding carboxylic acids is 1. The highest BCUT2D eigenvalue weighted by molar-refractivity contribution is 5.79. The summed E-state index contributed by atoms with van der Waals surface area (Å²) in [6, 6.07) is 4.48. The van der Waals surface area contributed by atoms with Gasteiger partial charge in [-0.1, -0.05) is 6.07 Å². The number of aryl methyl sites for hydroxylation is 1. The van der Waals surface area contributed by atoms with Gasteiger partial charge in [-0.25, -0.2) is 9.18 Å². The average Bonchev–Trinajstić information content (AvgIpc) is 2.55. The summed E-state index contributed by atoms with van der Waals surface area (Å²) in [7, 11) is 0. The second-order valence-corrected chi connectivity index (χ2v) is 4.28. The van der Waals surface area contributed by atoms with Crippen LogP contribution in [0.5, 0.6) is 0 Å². The number of benzene rings is 1.